The number of ether oxygens (including phenoxy) is 3. The quantitative estimate of drug-likeness (QED) is 0.318. The van der Waals surface area contributed by atoms with Crippen LogP contribution in [0.1, 0.15) is 24.0 Å². The highest BCUT2D eigenvalue weighted by Gasteiger charge is 3.01. The molecule has 6 heteroatoms. The van der Waals surface area contributed by atoms with E-state index in [9.17, 15) is 14.4 Å². The van der Waals surface area contributed by atoms with E-state index in [0.29, 0.717) is 6.61 Å². The highest BCUT2D eigenvalue weighted by atomic mass is 16.5. The standard InChI is InChI=1S/C30H26O6/c1-4-36-26(31)22-20-21(22)25-24-19-17-11-14-10-9-13-7-5-6-8-15(13)16(14)12-18(17)29(23(19)20,27(32)34-2)30(24,25)28(33)35-3/h5-12,19-25H,4H2,1-3H3. The van der Waals surface area contributed by atoms with Gasteiger partial charge in [-0.3, -0.25) is 14.4 Å². The minimum Gasteiger partial charge on any atom is -0.469 e. The summed E-state index contributed by atoms with van der Waals surface area (Å²) in [6, 6.07) is 16.8. The number of rotatable bonds is 4. The van der Waals surface area contributed by atoms with Crippen LogP contribution in [0.5, 0.6) is 0 Å². The highest BCUT2D eigenvalue weighted by molar-refractivity contribution is 6.10. The van der Waals surface area contributed by atoms with E-state index in [0.717, 1.165) is 32.7 Å². The molecule has 0 heterocycles. The van der Waals surface area contributed by atoms with Crippen LogP contribution in [0.4, 0.5) is 0 Å². The Bertz CT molecular complexity index is 1560. The van der Waals surface area contributed by atoms with Crippen molar-refractivity contribution in [3.63, 3.8) is 0 Å². The lowest BCUT2D eigenvalue weighted by Crippen LogP contribution is -2.54. The Balaban J connectivity index is 1.43. The maximum Gasteiger partial charge on any atom is 0.317 e. The van der Waals surface area contributed by atoms with Gasteiger partial charge in [0.25, 0.3) is 0 Å². The second kappa shape index (κ2) is 6.28. The molecule has 3 aromatic rings. The summed E-state index contributed by atoms with van der Waals surface area (Å²) < 4.78 is 16.4. The van der Waals surface area contributed by atoms with Crippen LogP contribution in [0.15, 0.2) is 48.5 Å². The number of hydrogen-bond acceptors (Lipinski definition) is 6. The Morgan fingerprint density at radius 1 is 0.833 bits per heavy atom. The van der Waals surface area contributed by atoms with E-state index in [-0.39, 0.29) is 59.3 Å². The van der Waals surface area contributed by atoms with Gasteiger partial charge in [0.05, 0.1) is 32.2 Å². The lowest BCUT2D eigenvalue weighted by Gasteiger charge is -2.41. The molecule has 0 aliphatic heterocycles. The first-order valence-corrected chi connectivity index (χ1v) is 12.8. The maximum absolute atomic E-state index is 14.0. The Labute approximate surface area is 207 Å². The van der Waals surface area contributed by atoms with Gasteiger partial charge in [-0.25, -0.2) is 0 Å². The van der Waals surface area contributed by atoms with Gasteiger partial charge >= 0.3 is 17.9 Å². The molecule has 9 rings (SSSR count). The van der Waals surface area contributed by atoms with Crippen molar-refractivity contribution < 1.29 is 28.6 Å². The van der Waals surface area contributed by atoms with Crippen LogP contribution in [0.3, 0.4) is 0 Å². The number of benzene rings is 3. The molecule has 5 fully saturated rings. The first-order chi connectivity index (χ1) is 17.5. The number of fused-ring (bicyclic) bond motifs is 4. The van der Waals surface area contributed by atoms with Crippen molar-refractivity contribution >= 4 is 39.5 Å². The van der Waals surface area contributed by atoms with Gasteiger partial charge in [-0.2, -0.15) is 0 Å². The molecule has 6 aliphatic carbocycles. The summed E-state index contributed by atoms with van der Waals surface area (Å²) in [4.78, 5) is 40.7. The summed E-state index contributed by atoms with van der Waals surface area (Å²) in [5.74, 6) is -1.34. The molecule has 6 nitrogen and oxygen atoms in total. The third-order valence-corrected chi connectivity index (χ3v) is 10.5. The summed E-state index contributed by atoms with van der Waals surface area (Å²) in [6.45, 7) is 2.13. The first-order valence-electron chi connectivity index (χ1n) is 12.8. The van der Waals surface area contributed by atoms with E-state index < -0.39 is 10.8 Å². The molecule has 182 valence electrons. The average molecular weight is 483 g/mol. The lowest BCUT2D eigenvalue weighted by atomic mass is 9.59. The van der Waals surface area contributed by atoms with Crippen LogP contribution in [-0.4, -0.2) is 38.7 Å². The van der Waals surface area contributed by atoms with Crippen molar-refractivity contribution in [3.8, 4) is 0 Å². The van der Waals surface area contributed by atoms with Crippen LogP contribution >= 0.6 is 0 Å². The van der Waals surface area contributed by atoms with Gasteiger partial charge < -0.3 is 14.2 Å². The topological polar surface area (TPSA) is 78.9 Å². The fourth-order valence-corrected chi connectivity index (χ4v) is 9.81. The molecule has 9 atom stereocenters. The summed E-state index contributed by atoms with van der Waals surface area (Å²) in [6.07, 6.45) is 0. The molecule has 0 radical (unpaired) electrons. The number of carbonyl (C=O) groups is 3. The molecule has 6 bridgehead atoms. The van der Waals surface area contributed by atoms with E-state index in [1.54, 1.807) is 0 Å². The van der Waals surface area contributed by atoms with E-state index in [2.05, 4.69) is 36.4 Å². The lowest BCUT2D eigenvalue weighted by molar-refractivity contribution is -0.166. The molecular weight excluding hydrogens is 456 g/mol. The molecule has 0 saturated heterocycles. The van der Waals surface area contributed by atoms with Crippen LogP contribution in [0.25, 0.3) is 21.5 Å². The van der Waals surface area contributed by atoms with Gasteiger partial charge in [0, 0.05) is 0 Å². The van der Waals surface area contributed by atoms with Crippen LogP contribution in [0.2, 0.25) is 0 Å². The molecule has 0 spiro atoms. The first kappa shape index (κ1) is 20.7. The summed E-state index contributed by atoms with van der Waals surface area (Å²) >= 11 is 0. The van der Waals surface area contributed by atoms with Gasteiger partial charge in [0.15, 0.2) is 0 Å². The van der Waals surface area contributed by atoms with Gasteiger partial charge in [0.1, 0.15) is 5.41 Å². The fraction of sp³-hybridized carbons (Fsp3) is 0.433. The highest BCUT2D eigenvalue weighted by Crippen LogP contribution is 2.97. The Morgan fingerprint density at radius 2 is 1.56 bits per heavy atom. The fourth-order valence-electron chi connectivity index (χ4n) is 9.81. The predicted octanol–water partition coefficient (Wildman–Crippen LogP) is 3.98. The largest absolute Gasteiger partial charge is 0.469 e. The number of esters is 3. The molecule has 9 unspecified atom stereocenters. The minimum atomic E-state index is -1.14. The minimum absolute atomic E-state index is 0.0138. The van der Waals surface area contributed by atoms with E-state index in [1.807, 2.05) is 19.1 Å². The summed E-state index contributed by atoms with van der Waals surface area (Å²) in [5, 5.41) is 4.41. The number of carbonyl (C=O) groups excluding carboxylic acids is 3. The van der Waals surface area contributed by atoms with Crippen molar-refractivity contribution in [2.24, 2.45) is 40.9 Å². The van der Waals surface area contributed by atoms with Crippen LogP contribution in [-0.2, 0) is 34.0 Å². The monoisotopic (exact) mass is 482 g/mol. The smallest absolute Gasteiger partial charge is 0.317 e. The zero-order valence-electron chi connectivity index (χ0n) is 20.3. The molecule has 5 saturated carbocycles. The Hall–Kier alpha value is -3.41. The molecule has 0 N–H and O–H groups in total. The molecule has 6 aliphatic rings. The van der Waals surface area contributed by atoms with E-state index in [4.69, 9.17) is 14.2 Å². The molecule has 3 aromatic carbocycles. The number of methoxy groups -OCH3 is 2. The molecule has 0 aromatic heterocycles. The second-order valence-electron chi connectivity index (χ2n) is 11.1. The zero-order valence-corrected chi connectivity index (χ0v) is 20.3. The van der Waals surface area contributed by atoms with Crippen molar-refractivity contribution in [1.82, 2.24) is 0 Å². The average Bonchev–Trinajstić information content (AvgIpc) is 3.78. The van der Waals surface area contributed by atoms with Gasteiger partial charge in [0.2, 0.25) is 0 Å². The second-order valence-corrected chi connectivity index (χ2v) is 11.1. The van der Waals surface area contributed by atoms with Gasteiger partial charge in [-0.05, 0) is 81.2 Å². The van der Waals surface area contributed by atoms with Crippen molar-refractivity contribution in [2.75, 3.05) is 20.8 Å². The maximum atomic E-state index is 14.0. The predicted molar refractivity (Wildman–Crippen MR) is 130 cm³/mol. The van der Waals surface area contributed by atoms with E-state index in [1.165, 1.54) is 14.2 Å². The van der Waals surface area contributed by atoms with E-state index >= 15 is 0 Å². The van der Waals surface area contributed by atoms with Gasteiger partial charge in [-0.1, -0.05) is 42.5 Å². The van der Waals surface area contributed by atoms with Crippen molar-refractivity contribution in [3.05, 3.63) is 59.7 Å². The Kier molecular flexibility index (Phi) is 3.62. The Morgan fingerprint density at radius 3 is 2.31 bits per heavy atom. The van der Waals surface area contributed by atoms with Crippen molar-refractivity contribution in [2.45, 2.75) is 18.3 Å². The SMILES string of the molecule is CCOC(=O)C1C2C1C1C3C4c5cc6ccc7ccccc7c6cc5C(C(=O)OC)(C42)C31C(=O)OC. The third-order valence-electron chi connectivity index (χ3n) is 10.5. The van der Waals surface area contributed by atoms with Crippen LogP contribution in [0, 0.1) is 40.9 Å². The summed E-state index contributed by atoms with van der Waals surface area (Å²) in [7, 11) is 2.81. The molecule has 36 heavy (non-hydrogen) atoms. The third kappa shape index (κ3) is 1.84. The van der Waals surface area contributed by atoms with Crippen LogP contribution < -0.4 is 0 Å². The summed E-state index contributed by atoms with van der Waals surface area (Å²) in [5.41, 5.74) is -0.0891. The molecule has 0 amide bonds. The normalized spacial score (nSPS) is 39.4. The molecular formula is C30H26O6. The number of hydrogen-bond donors (Lipinski definition) is 0. The van der Waals surface area contributed by atoms with Crippen molar-refractivity contribution in [1.29, 1.82) is 0 Å². The van der Waals surface area contributed by atoms with Gasteiger partial charge in [-0.15, -0.1) is 0 Å². The zero-order chi connectivity index (χ0) is 24.7.